The van der Waals surface area contributed by atoms with Crippen molar-refractivity contribution in [1.29, 1.82) is 0 Å². The van der Waals surface area contributed by atoms with Crippen LogP contribution in [0.25, 0.3) is 10.8 Å². The normalized spacial score (nSPS) is 11.0. The Morgan fingerprint density at radius 2 is 1.76 bits per heavy atom. The summed E-state index contributed by atoms with van der Waals surface area (Å²) in [5.41, 5.74) is 5.66. The molecule has 0 aromatic heterocycles. The third-order valence-corrected chi connectivity index (χ3v) is 3.78. The summed E-state index contributed by atoms with van der Waals surface area (Å²) in [6, 6.07) is 19.9. The van der Waals surface area contributed by atoms with Crippen molar-refractivity contribution < 1.29 is 9.53 Å². The molecule has 0 aliphatic carbocycles. The molecule has 0 atom stereocenters. The number of rotatable bonds is 5. The fourth-order valence-corrected chi connectivity index (χ4v) is 2.73. The largest absolute Gasteiger partial charge is 0.484 e. The van der Waals surface area contributed by atoms with Gasteiger partial charge in [-0.1, -0.05) is 48.5 Å². The van der Waals surface area contributed by atoms with E-state index in [4.69, 9.17) is 4.74 Å². The molecule has 1 amide bonds. The number of carbonyl (C=O) groups is 1. The zero-order chi connectivity index (χ0) is 17.6. The van der Waals surface area contributed by atoms with Gasteiger partial charge in [0, 0.05) is 5.56 Å². The smallest absolute Gasteiger partial charge is 0.277 e. The van der Waals surface area contributed by atoms with Crippen LogP contribution in [0.15, 0.2) is 65.8 Å². The molecule has 0 spiro atoms. The molecule has 0 fully saturated rings. The van der Waals surface area contributed by atoms with E-state index in [1.165, 1.54) is 0 Å². The van der Waals surface area contributed by atoms with E-state index >= 15 is 0 Å². The Balaban J connectivity index is 1.59. The Hall–Kier alpha value is -3.14. The van der Waals surface area contributed by atoms with E-state index in [9.17, 15) is 4.79 Å². The van der Waals surface area contributed by atoms with E-state index in [-0.39, 0.29) is 12.5 Å². The number of hydrogen-bond acceptors (Lipinski definition) is 3. The first-order valence-corrected chi connectivity index (χ1v) is 8.12. The first kappa shape index (κ1) is 16.7. The number of nitrogens with one attached hydrogen (secondary N) is 1. The number of hydrazone groups is 1. The molecule has 0 aliphatic rings. The SMILES string of the molecule is Cc1cc(C)cc(OCC(=O)NN=Cc2cccc3ccccc23)c1. The van der Waals surface area contributed by atoms with E-state index in [1.807, 2.05) is 68.4 Å². The first-order chi connectivity index (χ1) is 12.1. The van der Waals surface area contributed by atoms with Crippen molar-refractivity contribution >= 4 is 22.9 Å². The second-order valence-corrected chi connectivity index (χ2v) is 5.97. The van der Waals surface area contributed by atoms with Crippen LogP contribution in [0.4, 0.5) is 0 Å². The summed E-state index contributed by atoms with van der Waals surface area (Å²) < 4.78 is 5.52. The minimum atomic E-state index is -0.296. The number of hydrogen-bond donors (Lipinski definition) is 1. The van der Waals surface area contributed by atoms with Crippen molar-refractivity contribution in [3.8, 4) is 5.75 Å². The summed E-state index contributed by atoms with van der Waals surface area (Å²) in [5, 5.41) is 6.26. The highest BCUT2D eigenvalue weighted by molar-refractivity contribution is 5.99. The topological polar surface area (TPSA) is 50.7 Å². The van der Waals surface area contributed by atoms with Crippen LogP contribution in [0.5, 0.6) is 5.75 Å². The summed E-state index contributed by atoms with van der Waals surface area (Å²) in [6.45, 7) is 3.92. The molecule has 25 heavy (non-hydrogen) atoms. The third kappa shape index (κ3) is 4.44. The number of carbonyl (C=O) groups excluding carboxylic acids is 1. The number of nitrogens with zero attached hydrogens (tertiary/aromatic N) is 1. The molecule has 0 bridgehead atoms. The van der Waals surface area contributed by atoms with Crippen LogP contribution in [0.2, 0.25) is 0 Å². The Morgan fingerprint density at radius 1 is 1.04 bits per heavy atom. The Labute approximate surface area is 147 Å². The highest BCUT2D eigenvalue weighted by Gasteiger charge is 2.03. The highest BCUT2D eigenvalue weighted by Crippen LogP contribution is 2.17. The fourth-order valence-electron chi connectivity index (χ4n) is 2.73. The van der Waals surface area contributed by atoms with Gasteiger partial charge in [-0.3, -0.25) is 4.79 Å². The molecule has 0 unspecified atom stereocenters. The molecule has 0 saturated heterocycles. The average Bonchev–Trinajstić information content (AvgIpc) is 2.59. The van der Waals surface area contributed by atoms with E-state index in [2.05, 4.69) is 16.6 Å². The lowest BCUT2D eigenvalue weighted by molar-refractivity contribution is -0.123. The van der Waals surface area contributed by atoms with Gasteiger partial charge in [0.1, 0.15) is 5.75 Å². The van der Waals surface area contributed by atoms with Gasteiger partial charge < -0.3 is 4.74 Å². The minimum Gasteiger partial charge on any atom is -0.484 e. The molecule has 3 rings (SSSR count). The lowest BCUT2D eigenvalue weighted by Crippen LogP contribution is -2.24. The zero-order valence-electron chi connectivity index (χ0n) is 14.3. The van der Waals surface area contributed by atoms with Crippen molar-refractivity contribution in [2.45, 2.75) is 13.8 Å². The maximum atomic E-state index is 11.9. The molecule has 0 aliphatic heterocycles. The minimum absolute atomic E-state index is 0.0736. The van der Waals surface area contributed by atoms with Gasteiger partial charge >= 0.3 is 0 Å². The molecule has 3 aromatic carbocycles. The first-order valence-electron chi connectivity index (χ1n) is 8.12. The molecule has 4 nitrogen and oxygen atoms in total. The van der Waals surface area contributed by atoms with Crippen LogP contribution in [0.1, 0.15) is 16.7 Å². The van der Waals surface area contributed by atoms with Crippen molar-refractivity contribution in [2.24, 2.45) is 5.10 Å². The zero-order valence-corrected chi connectivity index (χ0v) is 14.3. The summed E-state index contributed by atoms with van der Waals surface area (Å²) >= 11 is 0. The average molecular weight is 332 g/mol. The van der Waals surface area contributed by atoms with E-state index in [0.29, 0.717) is 5.75 Å². The Bertz CT molecular complexity index is 907. The van der Waals surface area contributed by atoms with Crippen molar-refractivity contribution in [2.75, 3.05) is 6.61 Å². The molecule has 0 saturated carbocycles. The van der Waals surface area contributed by atoms with Crippen LogP contribution in [-0.2, 0) is 4.79 Å². The molecule has 4 heteroatoms. The van der Waals surface area contributed by atoms with Gasteiger partial charge in [-0.15, -0.1) is 0 Å². The maximum absolute atomic E-state index is 11.9. The number of amides is 1. The lowest BCUT2D eigenvalue weighted by atomic mass is 10.1. The summed E-state index contributed by atoms with van der Waals surface area (Å²) in [4.78, 5) is 11.9. The van der Waals surface area contributed by atoms with Crippen LogP contribution >= 0.6 is 0 Å². The van der Waals surface area contributed by atoms with Gasteiger partial charge in [-0.2, -0.15) is 5.10 Å². The Morgan fingerprint density at radius 3 is 2.56 bits per heavy atom. The molecule has 3 aromatic rings. The second kappa shape index (κ2) is 7.62. The highest BCUT2D eigenvalue weighted by atomic mass is 16.5. The van der Waals surface area contributed by atoms with Gasteiger partial charge in [0.15, 0.2) is 6.61 Å². The predicted molar refractivity (Wildman–Crippen MR) is 101 cm³/mol. The quantitative estimate of drug-likeness (QED) is 0.567. The summed E-state index contributed by atoms with van der Waals surface area (Å²) in [5.74, 6) is 0.390. The van der Waals surface area contributed by atoms with Crippen LogP contribution in [0.3, 0.4) is 0 Å². The van der Waals surface area contributed by atoms with Crippen molar-refractivity contribution in [3.05, 3.63) is 77.4 Å². The maximum Gasteiger partial charge on any atom is 0.277 e. The monoisotopic (exact) mass is 332 g/mol. The van der Waals surface area contributed by atoms with E-state index in [0.717, 1.165) is 27.5 Å². The summed E-state index contributed by atoms with van der Waals surface area (Å²) in [7, 11) is 0. The molecule has 0 heterocycles. The van der Waals surface area contributed by atoms with Gasteiger partial charge in [0.05, 0.1) is 6.21 Å². The molecular weight excluding hydrogens is 312 g/mol. The number of fused-ring (bicyclic) bond motifs is 1. The number of aryl methyl sites for hydroxylation is 2. The second-order valence-electron chi connectivity index (χ2n) is 5.97. The molecule has 1 N–H and O–H groups in total. The molecular formula is C21H20N2O2. The molecule has 0 radical (unpaired) electrons. The Kier molecular flexibility index (Phi) is 5.09. The summed E-state index contributed by atoms with van der Waals surface area (Å²) in [6.07, 6.45) is 1.65. The van der Waals surface area contributed by atoms with Gasteiger partial charge in [0.25, 0.3) is 5.91 Å². The van der Waals surface area contributed by atoms with E-state index in [1.54, 1.807) is 6.21 Å². The van der Waals surface area contributed by atoms with Crippen molar-refractivity contribution in [3.63, 3.8) is 0 Å². The van der Waals surface area contributed by atoms with Crippen LogP contribution < -0.4 is 10.2 Å². The van der Waals surface area contributed by atoms with Crippen LogP contribution in [-0.4, -0.2) is 18.7 Å². The standard InChI is InChI=1S/C21H20N2O2/c1-15-10-16(2)12-19(11-15)25-14-21(24)23-22-13-18-8-5-7-17-6-3-4-9-20(17)18/h3-13H,14H2,1-2H3,(H,23,24). The number of benzene rings is 3. The number of ether oxygens (including phenoxy) is 1. The predicted octanol–water partition coefficient (Wildman–Crippen LogP) is 3.99. The van der Waals surface area contributed by atoms with Gasteiger partial charge in [-0.25, -0.2) is 5.43 Å². The van der Waals surface area contributed by atoms with E-state index < -0.39 is 0 Å². The fraction of sp³-hybridized carbons (Fsp3) is 0.143. The van der Waals surface area contributed by atoms with Gasteiger partial charge in [-0.05, 0) is 47.9 Å². The lowest BCUT2D eigenvalue weighted by Gasteiger charge is -2.07. The van der Waals surface area contributed by atoms with Gasteiger partial charge in [0.2, 0.25) is 0 Å². The van der Waals surface area contributed by atoms with Crippen LogP contribution in [0, 0.1) is 13.8 Å². The third-order valence-electron chi connectivity index (χ3n) is 3.78. The van der Waals surface area contributed by atoms with Crippen molar-refractivity contribution in [1.82, 2.24) is 5.43 Å². The molecule has 126 valence electrons.